The third-order valence-corrected chi connectivity index (χ3v) is 2.79. The van der Waals surface area contributed by atoms with Gasteiger partial charge in [-0.3, -0.25) is 0 Å². The second-order valence-electron chi connectivity index (χ2n) is 4.23. The molecule has 20 heavy (non-hydrogen) atoms. The molecule has 0 spiro atoms. The lowest BCUT2D eigenvalue weighted by Gasteiger charge is -2.04. The minimum Gasteiger partial charge on any atom is -0.497 e. The van der Waals surface area contributed by atoms with Crippen molar-refractivity contribution in [1.82, 2.24) is 0 Å². The lowest BCUT2D eigenvalue weighted by molar-refractivity contribution is 0.0511. The standard InChI is InChI=1S/C17H18O3/c1-18-13-20-17-5-3-4-15(12-17)7-6-14-8-10-16(19-2)11-9-14/h3-12H,13H2,1-2H3/b7-6+. The Labute approximate surface area is 119 Å². The fourth-order valence-corrected chi connectivity index (χ4v) is 1.74. The number of rotatable bonds is 6. The van der Waals surface area contributed by atoms with Crippen LogP contribution in [0.5, 0.6) is 11.5 Å². The van der Waals surface area contributed by atoms with E-state index in [1.807, 2.05) is 54.6 Å². The first kappa shape index (κ1) is 14.2. The van der Waals surface area contributed by atoms with Crippen molar-refractivity contribution in [2.45, 2.75) is 0 Å². The Balaban J connectivity index is 2.06. The van der Waals surface area contributed by atoms with Crippen molar-refractivity contribution in [3.63, 3.8) is 0 Å². The van der Waals surface area contributed by atoms with E-state index in [0.29, 0.717) is 0 Å². The van der Waals surface area contributed by atoms with Crippen molar-refractivity contribution in [2.24, 2.45) is 0 Å². The van der Waals surface area contributed by atoms with Crippen LogP contribution >= 0.6 is 0 Å². The van der Waals surface area contributed by atoms with Crippen molar-refractivity contribution in [2.75, 3.05) is 21.0 Å². The number of ether oxygens (including phenoxy) is 3. The van der Waals surface area contributed by atoms with E-state index in [1.54, 1.807) is 14.2 Å². The molecule has 0 aromatic heterocycles. The van der Waals surface area contributed by atoms with Crippen molar-refractivity contribution in [3.8, 4) is 11.5 Å². The van der Waals surface area contributed by atoms with E-state index in [2.05, 4.69) is 6.08 Å². The molecule has 0 N–H and O–H groups in total. The third kappa shape index (κ3) is 4.14. The summed E-state index contributed by atoms with van der Waals surface area (Å²) < 4.78 is 15.4. The first-order chi connectivity index (χ1) is 9.81. The van der Waals surface area contributed by atoms with Gasteiger partial charge >= 0.3 is 0 Å². The summed E-state index contributed by atoms with van der Waals surface area (Å²) in [4.78, 5) is 0. The SMILES string of the molecule is COCOc1cccc(/C=C/c2ccc(OC)cc2)c1. The molecule has 104 valence electrons. The van der Waals surface area contributed by atoms with Crippen LogP contribution in [-0.2, 0) is 4.74 Å². The van der Waals surface area contributed by atoms with Crippen LogP contribution in [0.4, 0.5) is 0 Å². The predicted molar refractivity (Wildman–Crippen MR) is 80.9 cm³/mol. The molecule has 0 unspecified atom stereocenters. The highest BCUT2D eigenvalue weighted by Gasteiger charge is 1.94. The normalized spacial score (nSPS) is 10.7. The van der Waals surface area contributed by atoms with Crippen LogP contribution in [0.2, 0.25) is 0 Å². The van der Waals surface area contributed by atoms with E-state index < -0.39 is 0 Å². The molecule has 0 radical (unpaired) electrons. The number of methoxy groups -OCH3 is 2. The molecule has 2 aromatic carbocycles. The Morgan fingerprint density at radius 1 is 0.850 bits per heavy atom. The molecule has 0 aliphatic heterocycles. The fourth-order valence-electron chi connectivity index (χ4n) is 1.74. The van der Waals surface area contributed by atoms with Gasteiger partial charge in [0.15, 0.2) is 6.79 Å². The highest BCUT2D eigenvalue weighted by molar-refractivity contribution is 5.70. The Kier molecular flexibility index (Phi) is 5.21. The number of hydrogen-bond acceptors (Lipinski definition) is 3. The van der Waals surface area contributed by atoms with Gasteiger partial charge in [-0.1, -0.05) is 36.4 Å². The van der Waals surface area contributed by atoms with Gasteiger partial charge < -0.3 is 14.2 Å². The molecule has 2 aromatic rings. The Morgan fingerprint density at radius 3 is 2.30 bits per heavy atom. The lowest BCUT2D eigenvalue weighted by atomic mass is 10.1. The third-order valence-electron chi connectivity index (χ3n) is 2.79. The van der Waals surface area contributed by atoms with Gasteiger partial charge in [-0.15, -0.1) is 0 Å². The molecule has 2 rings (SSSR count). The van der Waals surface area contributed by atoms with Gasteiger partial charge in [-0.2, -0.15) is 0 Å². The zero-order chi connectivity index (χ0) is 14.2. The van der Waals surface area contributed by atoms with Gasteiger partial charge in [-0.05, 0) is 35.4 Å². The molecule has 0 bridgehead atoms. The zero-order valence-electron chi connectivity index (χ0n) is 11.7. The van der Waals surface area contributed by atoms with Gasteiger partial charge in [0, 0.05) is 7.11 Å². The summed E-state index contributed by atoms with van der Waals surface area (Å²) in [6.07, 6.45) is 4.09. The summed E-state index contributed by atoms with van der Waals surface area (Å²) in [5.41, 5.74) is 2.20. The molecule has 3 heteroatoms. The average Bonchev–Trinajstić information content (AvgIpc) is 2.52. The summed E-state index contributed by atoms with van der Waals surface area (Å²) in [5, 5.41) is 0. The fraction of sp³-hybridized carbons (Fsp3) is 0.176. The van der Waals surface area contributed by atoms with E-state index in [1.165, 1.54) is 0 Å². The Morgan fingerprint density at radius 2 is 1.60 bits per heavy atom. The van der Waals surface area contributed by atoms with Crippen molar-refractivity contribution >= 4 is 12.2 Å². The summed E-state index contributed by atoms with van der Waals surface area (Å²) >= 11 is 0. The average molecular weight is 270 g/mol. The second-order valence-corrected chi connectivity index (χ2v) is 4.23. The molecular weight excluding hydrogens is 252 g/mol. The van der Waals surface area contributed by atoms with E-state index in [4.69, 9.17) is 14.2 Å². The maximum Gasteiger partial charge on any atom is 0.188 e. The number of hydrogen-bond donors (Lipinski definition) is 0. The summed E-state index contributed by atoms with van der Waals surface area (Å²) in [5.74, 6) is 1.65. The molecule has 0 saturated heterocycles. The van der Waals surface area contributed by atoms with E-state index in [9.17, 15) is 0 Å². The van der Waals surface area contributed by atoms with E-state index >= 15 is 0 Å². The predicted octanol–water partition coefficient (Wildman–Crippen LogP) is 3.85. The van der Waals surface area contributed by atoms with Gasteiger partial charge in [0.2, 0.25) is 0 Å². The molecule has 0 atom stereocenters. The van der Waals surface area contributed by atoms with Crippen LogP contribution in [0.25, 0.3) is 12.2 Å². The number of benzene rings is 2. The Hall–Kier alpha value is -2.26. The van der Waals surface area contributed by atoms with Crippen LogP contribution in [0, 0.1) is 0 Å². The summed E-state index contributed by atoms with van der Waals surface area (Å²) in [6.45, 7) is 0.256. The maximum absolute atomic E-state index is 5.41. The van der Waals surface area contributed by atoms with Crippen LogP contribution in [-0.4, -0.2) is 21.0 Å². The molecule has 0 aliphatic rings. The minimum atomic E-state index is 0.256. The van der Waals surface area contributed by atoms with Crippen molar-refractivity contribution in [3.05, 3.63) is 59.7 Å². The molecule has 0 saturated carbocycles. The minimum absolute atomic E-state index is 0.256. The largest absolute Gasteiger partial charge is 0.497 e. The van der Waals surface area contributed by atoms with Gasteiger partial charge in [-0.25, -0.2) is 0 Å². The molecule has 0 heterocycles. The van der Waals surface area contributed by atoms with Crippen molar-refractivity contribution in [1.29, 1.82) is 0 Å². The molecule has 0 amide bonds. The van der Waals surface area contributed by atoms with Crippen molar-refractivity contribution < 1.29 is 14.2 Å². The van der Waals surface area contributed by atoms with Gasteiger partial charge in [0.1, 0.15) is 11.5 Å². The first-order valence-electron chi connectivity index (χ1n) is 6.36. The lowest BCUT2D eigenvalue weighted by Crippen LogP contribution is -1.98. The smallest absolute Gasteiger partial charge is 0.188 e. The molecule has 3 nitrogen and oxygen atoms in total. The highest BCUT2D eigenvalue weighted by Crippen LogP contribution is 2.17. The van der Waals surface area contributed by atoms with Gasteiger partial charge in [0.05, 0.1) is 7.11 Å². The quantitative estimate of drug-likeness (QED) is 0.589. The van der Waals surface area contributed by atoms with Crippen LogP contribution < -0.4 is 9.47 Å². The Bertz CT molecular complexity index is 559. The molecular formula is C17H18O3. The monoisotopic (exact) mass is 270 g/mol. The molecule has 0 aliphatic carbocycles. The first-order valence-corrected chi connectivity index (χ1v) is 6.36. The van der Waals surface area contributed by atoms with Crippen LogP contribution in [0.1, 0.15) is 11.1 Å². The second kappa shape index (κ2) is 7.36. The van der Waals surface area contributed by atoms with E-state index in [0.717, 1.165) is 22.6 Å². The summed E-state index contributed by atoms with van der Waals surface area (Å²) in [6, 6.07) is 15.8. The van der Waals surface area contributed by atoms with Gasteiger partial charge in [0.25, 0.3) is 0 Å². The molecule has 0 fully saturated rings. The topological polar surface area (TPSA) is 27.7 Å². The highest BCUT2D eigenvalue weighted by atomic mass is 16.7. The van der Waals surface area contributed by atoms with E-state index in [-0.39, 0.29) is 6.79 Å². The van der Waals surface area contributed by atoms with Crippen LogP contribution in [0.15, 0.2) is 48.5 Å². The zero-order valence-corrected chi connectivity index (χ0v) is 11.7. The van der Waals surface area contributed by atoms with Crippen LogP contribution in [0.3, 0.4) is 0 Å². The summed E-state index contributed by atoms with van der Waals surface area (Å²) in [7, 11) is 3.27. The maximum atomic E-state index is 5.41.